The number of hydrogen-bond acceptors (Lipinski definition) is 2. The van der Waals surface area contributed by atoms with Crippen LogP contribution in [0, 0.1) is 40.4 Å². The summed E-state index contributed by atoms with van der Waals surface area (Å²) < 4.78 is 28.1. The number of halogens is 2. The topological polar surface area (TPSA) is 40.5 Å². The highest BCUT2D eigenvalue weighted by Gasteiger charge is 2.60. The third-order valence-electron chi connectivity index (χ3n) is 10.6. The first-order chi connectivity index (χ1) is 13.4. The lowest BCUT2D eigenvalue weighted by molar-refractivity contribution is -0.148. The number of aliphatic hydroxyl groups excluding tert-OH is 1. The Morgan fingerprint density at radius 3 is 2.31 bits per heavy atom. The van der Waals surface area contributed by atoms with Crippen molar-refractivity contribution < 1.29 is 19.0 Å². The van der Waals surface area contributed by atoms with E-state index in [4.69, 9.17) is 0 Å². The van der Waals surface area contributed by atoms with Crippen LogP contribution in [0.5, 0.6) is 0 Å². The first kappa shape index (κ1) is 22.0. The van der Waals surface area contributed by atoms with E-state index in [9.17, 15) is 19.0 Å². The van der Waals surface area contributed by atoms with Gasteiger partial charge >= 0.3 is 0 Å². The first-order valence-electron chi connectivity index (χ1n) is 12.2. The fourth-order valence-electron chi connectivity index (χ4n) is 8.59. The van der Waals surface area contributed by atoms with Crippen LogP contribution in [-0.2, 0) is 0 Å². The smallest absolute Gasteiger partial charge is 0.273 e. The Labute approximate surface area is 175 Å². The largest absolute Gasteiger partial charge is 0.390 e. The summed E-state index contributed by atoms with van der Waals surface area (Å²) in [6.07, 6.45) is 8.98. The standard InChI is InChI=1S/C25H42F2O2/c1-16(28)25(26,27)12-9-17-6-8-20-19-7-5-18-15-22(2,29)13-14-24(18,4)21(19)10-11-23(17,20)3/h16-21,28-29H,5-15H2,1-4H3/t16?,17?,18?,19-,20?,21?,22-,23+,24?/m0/s1. The fourth-order valence-corrected chi connectivity index (χ4v) is 8.59. The van der Waals surface area contributed by atoms with Crippen molar-refractivity contribution in [1.29, 1.82) is 0 Å². The minimum atomic E-state index is -2.96. The second-order valence-electron chi connectivity index (χ2n) is 12.2. The molecule has 0 radical (unpaired) electrons. The molecule has 0 bridgehead atoms. The molecule has 4 heteroatoms. The van der Waals surface area contributed by atoms with Gasteiger partial charge in [0, 0.05) is 6.42 Å². The summed E-state index contributed by atoms with van der Waals surface area (Å²) in [6.45, 7) is 8.13. The van der Waals surface area contributed by atoms with Gasteiger partial charge in [-0.1, -0.05) is 13.8 Å². The van der Waals surface area contributed by atoms with E-state index in [1.165, 1.54) is 39.0 Å². The molecule has 0 aromatic heterocycles. The molecule has 4 fully saturated rings. The summed E-state index contributed by atoms with van der Waals surface area (Å²) in [4.78, 5) is 0. The summed E-state index contributed by atoms with van der Waals surface area (Å²) in [7, 11) is 0. The van der Waals surface area contributed by atoms with Crippen LogP contribution in [-0.4, -0.2) is 27.8 Å². The molecule has 4 aliphatic rings. The minimum absolute atomic E-state index is 0.180. The van der Waals surface area contributed by atoms with Crippen molar-refractivity contribution in [3.8, 4) is 0 Å². The van der Waals surface area contributed by atoms with Gasteiger partial charge in [-0.2, -0.15) is 0 Å². The van der Waals surface area contributed by atoms with Crippen LogP contribution in [0.4, 0.5) is 8.78 Å². The molecule has 2 N–H and O–H groups in total. The van der Waals surface area contributed by atoms with Gasteiger partial charge in [0.25, 0.3) is 5.92 Å². The predicted octanol–water partition coefficient (Wildman–Crippen LogP) is 6.19. The molecule has 0 spiro atoms. The van der Waals surface area contributed by atoms with E-state index in [1.807, 2.05) is 6.92 Å². The van der Waals surface area contributed by atoms with Crippen LogP contribution in [0.1, 0.15) is 98.3 Å². The maximum atomic E-state index is 14.0. The fraction of sp³-hybridized carbons (Fsp3) is 1.00. The molecule has 6 unspecified atom stereocenters. The normalized spacial score (nSPS) is 51.1. The zero-order valence-corrected chi connectivity index (χ0v) is 18.9. The van der Waals surface area contributed by atoms with Gasteiger partial charge in [0.15, 0.2) is 0 Å². The number of alkyl halides is 2. The molecule has 9 atom stereocenters. The van der Waals surface area contributed by atoms with Crippen molar-refractivity contribution >= 4 is 0 Å². The average Bonchev–Trinajstić information content (AvgIpc) is 2.97. The first-order valence-corrected chi connectivity index (χ1v) is 12.2. The van der Waals surface area contributed by atoms with Gasteiger partial charge in [0.1, 0.15) is 6.10 Å². The molecule has 29 heavy (non-hydrogen) atoms. The molecule has 0 amide bonds. The Balaban J connectivity index is 1.48. The Morgan fingerprint density at radius 1 is 0.931 bits per heavy atom. The van der Waals surface area contributed by atoms with E-state index < -0.39 is 17.6 Å². The molecule has 0 aromatic rings. The molecule has 0 heterocycles. The van der Waals surface area contributed by atoms with E-state index in [2.05, 4.69) is 13.8 Å². The van der Waals surface area contributed by atoms with Crippen molar-refractivity contribution in [1.82, 2.24) is 0 Å². The monoisotopic (exact) mass is 412 g/mol. The van der Waals surface area contributed by atoms with Gasteiger partial charge in [0.05, 0.1) is 5.60 Å². The van der Waals surface area contributed by atoms with Gasteiger partial charge < -0.3 is 10.2 Å². The van der Waals surface area contributed by atoms with Crippen LogP contribution in [0.15, 0.2) is 0 Å². The molecule has 4 saturated carbocycles. The third kappa shape index (κ3) is 3.58. The molecule has 0 aliphatic heterocycles. The Kier molecular flexibility index (Phi) is 5.42. The SMILES string of the molecule is CC(O)C(F)(F)CCC1CCC2[C@@H]3CCC4C[C@@](C)(O)CCC4(C)C3CC[C@]12C. The van der Waals surface area contributed by atoms with Gasteiger partial charge in [-0.05, 0) is 118 Å². The Morgan fingerprint density at radius 2 is 1.62 bits per heavy atom. The average molecular weight is 413 g/mol. The highest BCUT2D eigenvalue weighted by molar-refractivity contribution is 5.10. The van der Waals surface area contributed by atoms with E-state index >= 15 is 0 Å². The van der Waals surface area contributed by atoms with Crippen molar-refractivity contribution in [2.75, 3.05) is 0 Å². The van der Waals surface area contributed by atoms with Crippen LogP contribution in [0.2, 0.25) is 0 Å². The predicted molar refractivity (Wildman–Crippen MR) is 112 cm³/mol. The van der Waals surface area contributed by atoms with E-state index in [-0.39, 0.29) is 11.8 Å². The summed E-state index contributed by atoms with van der Waals surface area (Å²) in [6, 6.07) is 0. The Hall–Kier alpha value is -0.220. The quantitative estimate of drug-likeness (QED) is 0.578. The summed E-state index contributed by atoms with van der Waals surface area (Å²) in [5, 5.41) is 20.0. The van der Waals surface area contributed by atoms with Crippen LogP contribution in [0.25, 0.3) is 0 Å². The number of fused-ring (bicyclic) bond motifs is 5. The van der Waals surface area contributed by atoms with Crippen molar-refractivity contribution in [3.63, 3.8) is 0 Å². The zero-order valence-electron chi connectivity index (χ0n) is 18.9. The van der Waals surface area contributed by atoms with Crippen LogP contribution in [0.3, 0.4) is 0 Å². The van der Waals surface area contributed by atoms with Crippen LogP contribution < -0.4 is 0 Å². The minimum Gasteiger partial charge on any atom is -0.390 e. The highest BCUT2D eigenvalue weighted by Crippen LogP contribution is 2.68. The lowest BCUT2D eigenvalue weighted by Gasteiger charge is -2.62. The molecule has 0 aromatic carbocycles. The van der Waals surface area contributed by atoms with Crippen LogP contribution >= 0.6 is 0 Å². The number of aliphatic hydroxyl groups is 2. The molecule has 4 rings (SSSR count). The summed E-state index contributed by atoms with van der Waals surface area (Å²) in [5.74, 6) is 0.200. The molecular weight excluding hydrogens is 370 g/mol. The second-order valence-corrected chi connectivity index (χ2v) is 12.2. The lowest BCUT2D eigenvalue weighted by Crippen LogP contribution is -2.55. The van der Waals surface area contributed by atoms with E-state index in [1.54, 1.807) is 0 Å². The molecular formula is C25H42F2O2. The maximum absolute atomic E-state index is 14.0. The highest BCUT2D eigenvalue weighted by atomic mass is 19.3. The second kappa shape index (κ2) is 7.15. The van der Waals surface area contributed by atoms with Gasteiger partial charge in [0.2, 0.25) is 0 Å². The molecule has 0 saturated heterocycles. The van der Waals surface area contributed by atoms with Crippen molar-refractivity contribution in [2.45, 2.75) is 116 Å². The summed E-state index contributed by atoms with van der Waals surface area (Å²) in [5.41, 5.74) is 0.0525. The van der Waals surface area contributed by atoms with Gasteiger partial charge in [-0.25, -0.2) is 8.78 Å². The molecule has 2 nitrogen and oxygen atoms in total. The van der Waals surface area contributed by atoms with E-state index in [0.29, 0.717) is 29.6 Å². The Bertz CT molecular complexity index is 618. The zero-order chi connectivity index (χ0) is 21.2. The van der Waals surface area contributed by atoms with Crippen molar-refractivity contribution in [2.24, 2.45) is 40.4 Å². The third-order valence-corrected chi connectivity index (χ3v) is 10.6. The molecule has 4 aliphatic carbocycles. The molecule has 168 valence electrons. The van der Waals surface area contributed by atoms with Gasteiger partial charge in [-0.3, -0.25) is 0 Å². The number of hydrogen-bond donors (Lipinski definition) is 2. The summed E-state index contributed by atoms with van der Waals surface area (Å²) >= 11 is 0. The lowest BCUT2D eigenvalue weighted by atomic mass is 9.44. The maximum Gasteiger partial charge on any atom is 0.273 e. The van der Waals surface area contributed by atoms with E-state index in [0.717, 1.165) is 37.5 Å². The number of rotatable bonds is 4. The van der Waals surface area contributed by atoms with Gasteiger partial charge in [-0.15, -0.1) is 0 Å². The van der Waals surface area contributed by atoms with Crippen molar-refractivity contribution in [3.05, 3.63) is 0 Å².